The second kappa shape index (κ2) is 11.7. The number of hydrogen-bond acceptors (Lipinski definition) is 9. The number of carbonyl (C=O) groups is 2. The molecule has 2 amide bonds. The van der Waals surface area contributed by atoms with Crippen LogP contribution in [0.4, 0.5) is 19.0 Å². The molecule has 2 saturated heterocycles. The minimum atomic E-state index is -4.65. The molecule has 3 aromatic rings. The van der Waals surface area contributed by atoms with Gasteiger partial charge in [-0.2, -0.15) is 13.2 Å². The van der Waals surface area contributed by atoms with Gasteiger partial charge in [0.05, 0.1) is 18.3 Å². The summed E-state index contributed by atoms with van der Waals surface area (Å²) in [4.78, 5) is 45.8. The number of likely N-dealkylation sites (tertiary alicyclic amines) is 2. The minimum Gasteiger partial charge on any atom is -0.242 e. The number of hydrogen-bond donors (Lipinski definition) is 2. The van der Waals surface area contributed by atoms with Gasteiger partial charge in [-0.1, -0.05) is 0 Å². The number of alkyl halides is 3. The number of nitrogens with two attached hydrogens (primary N) is 1. The van der Waals surface area contributed by atoms with E-state index >= 15 is 0 Å². The number of nitrogens with one attached hydrogen (secondary N) is 1. The first kappa shape index (κ1) is 29.0. The van der Waals surface area contributed by atoms with Gasteiger partial charge in [-0.25, -0.2) is 19.9 Å². The van der Waals surface area contributed by atoms with Gasteiger partial charge in [0.25, 0.3) is 0 Å². The Morgan fingerprint density at radius 2 is 1.98 bits per heavy atom. The Kier molecular flexibility index (Phi) is 8.30. The maximum absolute atomic E-state index is 13.5. The van der Waals surface area contributed by atoms with Crippen molar-refractivity contribution in [1.29, 1.82) is 0 Å². The molecule has 2 aliphatic heterocycles. The SMILES string of the molecule is COc1ncc(-c2ccc3ncnc(NC4CCN(C(=O)C5CN(C(=O)C(N)C[Se]C)C5)C4)c3n2)cc1C(F)(F)F. The predicted octanol–water partition coefficient (Wildman–Crippen LogP) is 2.08. The molecule has 0 radical (unpaired) electrons. The summed E-state index contributed by atoms with van der Waals surface area (Å²) in [6.45, 7) is 1.77. The van der Waals surface area contributed by atoms with E-state index in [-0.39, 0.29) is 35.0 Å². The maximum Gasteiger partial charge on any atom is 0.421 e. The zero-order valence-corrected chi connectivity index (χ0v) is 24.1. The summed E-state index contributed by atoms with van der Waals surface area (Å²) >= 11 is 0.308. The summed E-state index contributed by atoms with van der Waals surface area (Å²) in [5.41, 5.74) is 6.27. The number of amides is 2. The molecule has 0 saturated carbocycles. The monoisotopic (exact) mass is 638 g/mol. The first-order valence-electron chi connectivity index (χ1n) is 12.9. The third kappa shape index (κ3) is 6.07. The van der Waals surface area contributed by atoms with Crippen molar-refractivity contribution in [2.24, 2.45) is 11.7 Å². The van der Waals surface area contributed by atoms with Crippen LogP contribution in [0, 0.1) is 5.92 Å². The fourth-order valence-electron chi connectivity index (χ4n) is 4.99. The fraction of sp³-hybridized carbons (Fsp3) is 0.462. The van der Waals surface area contributed by atoms with Gasteiger partial charge in [-0.05, 0) is 18.2 Å². The van der Waals surface area contributed by atoms with Gasteiger partial charge in [0.1, 0.15) is 17.4 Å². The molecule has 2 aliphatic rings. The number of aromatic nitrogens is 4. The van der Waals surface area contributed by atoms with Crippen molar-refractivity contribution in [3.05, 3.63) is 36.3 Å². The van der Waals surface area contributed by atoms with Crippen LogP contribution in [-0.2, 0) is 15.8 Å². The second-order valence-electron chi connectivity index (χ2n) is 9.98. The van der Waals surface area contributed by atoms with Gasteiger partial charge in [0.15, 0.2) is 0 Å². The third-order valence-electron chi connectivity index (χ3n) is 7.17. The van der Waals surface area contributed by atoms with Crippen LogP contribution in [-0.4, -0.2) is 102 Å². The fourth-order valence-corrected chi connectivity index (χ4v) is 6.05. The molecule has 5 heterocycles. The summed E-state index contributed by atoms with van der Waals surface area (Å²) in [6, 6.07) is 3.57. The zero-order valence-electron chi connectivity index (χ0n) is 22.4. The molecule has 2 atom stereocenters. The quantitative estimate of drug-likeness (QED) is 0.356. The van der Waals surface area contributed by atoms with E-state index in [1.807, 2.05) is 5.82 Å². The van der Waals surface area contributed by atoms with Crippen LogP contribution in [0.15, 0.2) is 30.7 Å². The second-order valence-corrected chi connectivity index (χ2v) is 11.9. The average Bonchev–Trinajstić information content (AvgIpc) is 3.40. The normalized spacial score (nSPS) is 18.3. The Balaban J connectivity index is 1.27. The van der Waals surface area contributed by atoms with Crippen LogP contribution in [0.25, 0.3) is 22.3 Å². The van der Waals surface area contributed by atoms with Crippen molar-refractivity contribution in [2.75, 3.05) is 38.6 Å². The van der Waals surface area contributed by atoms with E-state index in [4.69, 9.17) is 10.5 Å². The largest absolute Gasteiger partial charge is 0.421 e. The molecule has 5 rings (SSSR count). The average molecular weight is 638 g/mol. The van der Waals surface area contributed by atoms with Gasteiger partial charge in [-0.15, -0.1) is 0 Å². The standard InChI is InChI=1S/C26H29F3N8O3Se/c1-40-23-17(26(27,28)29)7-14(8-31-23)19-3-4-20-21(35-19)22(33-13-32-20)34-16-5-6-36(11-16)24(38)15-9-37(10-15)25(39)18(30)12-41-2/h3-4,7-8,13,15-16,18H,5-6,9-12,30H2,1-2H3,(H,32,33,34). The van der Waals surface area contributed by atoms with Gasteiger partial charge in [0, 0.05) is 11.8 Å². The molecule has 3 aromatic heterocycles. The van der Waals surface area contributed by atoms with Crippen molar-refractivity contribution < 1.29 is 27.5 Å². The van der Waals surface area contributed by atoms with Gasteiger partial charge in [-0.3, -0.25) is 0 Å². The Morgan fingerprint density at radius 3 is 2.68 bits per heavy atom. The molecular weight excluding hydrogens is 608 g/mol. The van der Waals surface area contributed by atoms with E-state index in [0.29, 0.717) is 69.7 Å². The van der Waals surface area contributed by atoms with E-state index in [9.17, 15) is 22.8 Å². The molecule has 41 heavy (non-hydrogen) atoms. The minimum absolute atomic E-state index is 0.00654. The van der Waals surface area contributed by atoms with Crippen LogP contribution >= 0.6 is 0 Å². The van der Waals surface area contributed by atoms with Crippen molar-refractivity contribution >= 4 is 43.6 Å². The molecule has 11 nitrogen and oxygen atoms in total. The van der Waals surface area contributed by atoms with Crippen LogP contribution < -0.4 is 15.8 Å². The molecule has 218 valence electrons. The van der Waals surface area contributed by atoms with E-state index in [1.54, 1.807) is 21.9 Å². The number of halogens is 3. The van der Waals surface area contributed by atoms with Gasteiger partial charge >= 0.3 is 131 Å². The van der Waals surface area contributed by atoms with E-state index in [0.717, 1.165) is 13.2 Å². The van der Waals surface area contributed by atoms with Crippen LogP contribution in [0.3, 0.4) is 0 Å². The third-order valence-corrected chi connectivity index (χ3v) is 8.63. The first-order chi connectivity index (χ1) is 19.6. The number of rotatable bonds is 8. The Labute approximate surface area is 240 Å². The summed E-state index contributed by atoms with van der Waals surface area (Å²) < 4.78 is 45.4. The van der Waals surface area contributed by atoms with Crippen molar-refractivity contribution in [3.63, 3.8) is 0 Å². The number of anilines is 1. The van der Waals surface area contributed by atoms with Crippen LogP contribution in [0.1, 0.15) is 12.0 Å². The molecule has 2 unspecified atom stereocenters. The van der Waals surface area contributed by atoms with Crippen LogP contribution in [0.5, 0.6) is 5.88 Å². The molecular formula is C26H29F3N8O3Se. The number of fused-ring (bicyclic) bond motifs is 1. The molecule has 0 aromatic carbocycles. The van der Waals surface area contributed by atoms with Crippen molar-refractivity contribution in [2.45, 2.75) is 35.8 Å². The molecule has 0 spiro atoms. The molecule has 2 fully saturated rings. The van der Waals surface area contributed by atoms with E-state index in [2.05, 4.69) is 25.3 Å². The van der Waals surface area contributed by atoms with Gasteiger partial charge in [0.2, 0.25) is 5.88 Å². The summed E-state index contributed by atoms with van der Waals surface area (Å²) in [5, 5.41) is 4.01. The topological polar surface area (TPSA) is 139 Å². The maximum atomic E-state index is 13.5. The molecule has 0 bridgehead atoms. The van der Waals surface area contributed by atoms with E-state index < -0.39 is 23.7 Å². The first-order valence-corrected chi connectivity index (χ1v) is 15.8. The summed E-state index contributed by atoms with van der Waals surface area (Å²) in [7, 11) is 1.13. The van der Waals surface area contributed by atoms with Gasteiger partial charge < -0.3 is 4.74 Å². The summed E-state index contributed by atoms with van der Waals surface area (Å²) in [6.07, 6.45) is -1.33. The van der Waals surface area contributed by atoms with Crippen molar-refractivity contribution in [3.8, 4) is 17.1 Å². The number of methoxy groups -OCH3 is 1. The molecule has 0 aliphatic carbocycles. The smallest absolute Gasteiger partial charge is 0.242 e. The predicted molar refractivity (Wildman–Crippen MR) is 145 cm³/mol. The Hall–Kier alpha value is -3.55. The number of carbonyl (C=O) groups excluding carboxylic acids is 2. The number of ether oxygens (including phenoxy) is 1. The molecule has 15 heteroatoms. The zero-order chi connectivity index (χ0) is 29.3. The molecule has 3 N–H and O–H groups in total. The van der Waals surface area contributed by atoms with Crippen molar-refractivity contribution in [1.82, 2.24) is 29.7 Å². The Morgan fingerprint density at radius 1 is 1.20 bits per heavy atom. The summed E-state index contributed by atoms with van der Waals surface area (Å²) in [5.74, 6) is 1.61. The Bertz CT molecular complexity index is 1450. The van der Waals surface area contributed by atoms with Crippen LogP contribution in [0.2, 0.25) is 11.1 Å². The number of pyridine rings is 2. The van der Waals surface area contributed by atoms with E-state index in [1.165, 1.54) is 12.5 Å². The number of nitrogens with zero attached hydrogens (tertiary/aromatic N) is 6.